The van der Waals surface area contributed by atoms with E-state index in [1.54, 1.807) is 14.2 Å². The smallest absolute Gasteiger partial charge is 0.0587 e. The van der Waals surface area contributed by atoms with Crippen LogP contribution in [-0.2, 0) is 9.47 Å². The second-order valence-corrected chi connectivity index (χ2v) is 5.43. The van der Waals surface area contributed by atoms with Gasteiger partial charge in [-0.15, -0.1) is 0 Å². The molecule has 1 atom stereocenters. The fraction of sp³-hybridized carbons (Fsp3) is 1.00. The SMILES string of the molecule is COCCCCC(C)(CNCCOC)C(C)C. The van der Waals surface area contributed by atoms with Gasteiger partial charge in [-0.05, 0) is 24.2 Å². The number of methoxy groups -OCH3 is 2. The van der Waals surface area contributed by atoms with Gasteiger partial charge in [-0.2, -0.15) is 0 Å². The van der Waals surface area contributed by atoms with Gasteiger partial charge in [-0.1, -0.05) is 27.2 Å². The van der Waals surface area contributed by atoms with E-state index in [-0.39, 0.29) is 0 Å². The van der Waals surface area contributed by atoms with Crippen LogP contribution in [0.2, 0.25) is 0 Å². The average Bonchev–Trinajstić information content (AvgIpc) is 2.30. The van der Waals surface area contributed by atoms with E-state index in [1.165, 1.54) is 12.8 Å². The summed E-state index contributed by atoms with van der Waals surface area (Å²) in [5.41, 5.74) is 0.376. The highest BCUT2D eigenvalue weighted by Crippen LogP contribution is 2.32. The fourth-order valence-corrected chi connectivity index (χ4v) is 1.90. The lowest BCUT2D eigenvalue weighted by Gasteiger charge is -2.34. The number of hydrogen-bond donors (Lipinski definition) is 1. The lowest BCUT2D eigenvalue weighted by atomic mass is 9.75. The molecule has 1 N–H and O–H groups in total. The lowest BCUT2D eigenvalue weighted by Crippen LogP contribution is -2.37. The number of unbranched alkanes of at least 4 members (excludes halogenated alkanes) is 1. The zero-order valence-electron chi connectivity index (χ0n) is 12.3. The van der Waals surface area contributed by atoms with Gasteiger partial charge in [0.15, 0.2) is 0 Å². The van der Waals surface area contributed by atoms with Crippen LogP contribution < -0.4 is 5.32 Å². The number of hydrogen-bond acceptors (Lipinski definition) is 3. The molecule has 0 saturated heterocycles. The van der Waals surface area contributed by atoms with Crippen molar-refractivity contribution in [3.8, 4) is 0 Å². The maximum absolute atomic E-state index is 5.10. The molecule has 0 aromatic heterocycles. The second-order valence-electron chi connectivity index (χ2n) is 5.43. The molecule has 0 fully saturated rings. The van der Waals surface area contributed by atoms with Gasteiger partial charge in [0.25, 0.3) is 0 Å². The van der Waals surface area contributed by atoms with E-state index in [2.05, 4.69) is 26.1 Å². The molecule has 0 bridgehead atoms. The van der Waals surface area contributed by atoms with Crippen LogP contribution in [0.5, 0.6) is 0 Å². The van der Waals surface area contributed by atoms with E-state index in [0.717, 1.165) is 32.7 Å². The first-order chi connectivity index (χ1) is 8.06. The number of ether oxygens (including phenoxy) is 2. The Hall–Kier alpha value is -0.120. The van der Waals surface area contributed by atoms with Gasteiger partial charge in [0.05, 0.1) is 6.61 Å². The summed E-state index contributed by atoms with van der Waals surface area (Å²) in [4.78, 5) is 0. The van der Waals surface area contributed by atoms with Gasteiger partial charge in [0.2, 0.25) is 0 Å². The molecule has 0 saturated carbocycles. The summed E-state index contributed by atoms with van der Waals surface area (Å²) in [6.45, 7) is 10.7. The third-order valence-electron chi connectivity index (χ3n) is 3.75. The summed E-state index contributed by atoms with van der Waals surface area (Å²) in [5.74, 6) is 0.695. The molecule has 0 heterocycles. The van der Waals surface area contributed by atoms with Gasteiger partial charge in [0, 0.05) is 33.9 Å². The minimum absolute atomic E-state index is 0.376. The molecule has 104 valence electrons. The summed E-state index contributed by atoms with van der Waals surface area (Å²) in [7, 11) is 3.52. The Morgan fingerprint density at radius 2 is 1.71 bits per heavy atom. The van der Waals surface area contributed by atoms with Crippen molar-refractivity contribution in [3.63, 3.8) is 0 Å². The van der Waals surface area contributed by atoms with Gasteiger partial charge in [-0.25, -0.2) is 0 Å². The third kappa shape index (κ3) is 7.74. The van der Waals surface area contributed by atoms with E-state index in [9.17, 15) is 0 Å². The Morgan fingerprint density at radius 3 is 2.24 bits per heavy atom. The molecule has 0 radical (unpaired) electrons. The molecule has 0 spiro atoms. The number of rotatable bonds is 11. The lowest BCUT2D eigenvalue weighted by molar-refractivity contribution is 0.152. The maximum Gasteiger partial charge on any atom is 0.0587 e. The van der Waals surface area contributed by atoms with Crippen molar-refractivity contribution in [3.05, 3.63) is 0 Å². The van der Waals surface area contributed by atoms with Crippen LogP contribution in [0.1, 0.15) is 40.0 Å². The van der Waals surface area contributed by atoms with Crippen LogP contribution in [0.3, 0.4) is 0 Å². The van der Waals surface area contributed by atoms with Crippen molar-refractivity contribution in [2.24, 2.45) is 11.3 Å². The molecule has 0 aliphatic rings. The van der Waals surface area contributed by atoms with Crippen molar-refractivity contribution < 1.29 is 9.47 Å². The van der Waals surface area contributed by atoms with Gasteiger partial charge in [0.1, 0.15) is 0 Å². The number of nitrogens with one attached hydrogen (secondary N) is 1. The van der Waals surface area contributed by atoms with Gasteiger partial charge < -0.3 is 14.8 Å². The fourth-order valence-electron chi connectivity index (χ4n) is 1.90. The van der Waals surface area contributed by atoms with Crippen molar-refractivity contribution in [1.29, 1.82) is 0 Å². The molecule has 3 heteroatoms. The molecule has 1 unspecified atom stereocenters. The van der Waals surface area contributed by atoms with E-state index < -0.39 is 0 Å². The minimum Gasteiger partial charge on any atom is -0.385 e. The summed E-state index contributed by atoms with van der Waals surface area (Å²) < 4.78 is 10.1. The quantitative estimate of drug-likeness (QED) is 0.568. The topological polar surface area (TPSA) is 30.5 Å². The summed E-state index contributed by atoms with van der Waals surface area (Å²) in [5, 5.41) is 3.49. The van der Waals surface area contributed by atoms with Crippen LogP contribution in [-0.4, -0.2) is 40.5 Å². The molecular weight excluding hydrogens is 214 g/mol. The van der Waals surface area contributed by atoms with Crippen molar-refractivity contribution in [1.82, 2.24) is 5.32 Å². The zero-order valence-corrected chi connectivity index (χ0v) is 12.3. The first kappa shape index (κ1) is 16.9. The van der Waals surface area contributed by atoms with Gasteiger partial charge >= 0.3 is 0 Å². The molecule has 0 aliphatic carbocycles. The molecule has 0 aliphatic heterocycles. The normalized spacial score (nSPS) is 15.2. The minimum atomic E-state index is 0.376. The van der Waals surface area contributed by atoms with E-state index in [4.69, 9.17) is 9.47 Å². The molecular formula is C14H31NO2. The Kier molecular flexibility index (Phi) is 9.79. The van der Waals surface area contributed by atoms with Crippen molar-refractivity contribution >= 4 is 0 Å². The van der Waals surface area contributed by atoms with Crippen molar-refractivity contribution in [2.45, 2.75) is 40.0 Å². The Morgan fingerprint density at radius 1 is 1.06 bits per heavy atom. The summed E-state index contributed by atoms with van der Waals surface area (Å²) in [6, 6.07) is 0. The van der Waals surface area contributed by atoms with E-state index >= 15 is 0 Å². The standard InChI is InChI=1S/C14H31NO2/c1-13(2)14(3,8-6-7-10-16-4)12-15-9-11-17-5/h13,15H,6-12H2,1-5H3. The first-order valence-corrected chi connectivity index (χ1v) is 6.75. The molecule has 0 aromatic carbocycles. The van der Waals surface area contributed by atoms with Crippen LogP contribution in [0, 0.1) is 11.3 Å². The Bertz CT molecular complexity index is 160. The van der Waals surface area contributed by atoms with Crippen LogP contribution >= 0.6 is 0 Å². The monoisotopic (exact) mass is 245 g/mol. The molecule has 0 rings (SSSR count). The average molecular weight is 245 g/mol. The third-order valence-corrected chi connectivity index (χ3v) is 3.75. The zero-order chi connectivity index (χ0) is 13.1. The highest BCUT2D eigenvalue weighted by Gasteiger charge is 2.27. The van der Waals surface area contributed by atoms with Gasteiger partial charge in [-0.3, -0.25) is 0 Å². The Labute approximate surface area is 107 Å². The highest BCUT2D eigenvalue weighted by atomic mass is 16.5. The summed E-state index contributed by atoms with van der Waals surface area (Å²) >= 11 is 0. The van der Waals surface area contributed by atoms with E-state index in [0.29, 0.717) is 11.3 Å². The largest absolute Gasteiger partial charge is 0.385 e. The van der Waals surface area contributed by atoms with Crippen LogP contribution in [0.4, 0.5) is 0 Å². The predicted molar refractivity (Wildman–Crippen MR) is 73.4 cm³/mol. The van der Waals surface area contributed by atoms with E-state index in [1.807, 2.05) is 0 Å². The molecule has 3 nitrogen and oxygen atoms in total. The van der Waals surface area contributed by atoms with Crippen LogP contribution in [0.25, 0.3) is 0 Å². The first-order valence-electron chi connectivity index (χ1n) is 6.75. The predicted octanol–water partition coefficient (Wildman–Crippen LogP) is 2.70. The summed E-state index contributed by atoms with van der Waals surface area (Å²) in [6.07, 6.45) is 3.67. The molecule has 0 amide bonds. The maximum atomic E-state index is 5.10. The molecule has 17 heavy (non-hydrogen) atoms. The second kappa shape index (κ2) is 9.86. The highest BCUT2D eigenvalue weighted by molar-refractivity contribution is 4.80. The van der Waals surface area contributed by atoms with Crippen molar-refractivity contribution in [2.75, 3.05) is 40.5 Å². The van der Waals surface area contributed by atoms with Crippen LogP contribution in [0.15, 0.2) is 0 Å². The molecule has 0 aromatic rings. The Balaban J connectivity index is 3.90.